The van der Waals surface area contributed by atoms with Crippen LogP contribution in [0.5, 0.6) is 0 Å². The van der Waals surface area contributed by atoms with Crippen LogP contribution in [0.1, 0.15) is 31.4 Å². The van der Waals surface area contributed by atoms with Gasteiger partial charge < -0.3 is 4.90 Å². The van der Waals surface area contributed by atoms with Crippen LogP contribution in [0.25, 0.3) is 10.9 Å². The largest absolute Gasteiger partial charge is 0.368 e. The zero-order chi connectivity index (χ0) is 19.6. The van der Waals surface area contributed by atoms with Crippen LogP contribution in [0.15, 0.2) is 30.3 Å². The number of likely N-dealkylation sites (tertiary alicyclic amines) is 1. The summed E-state index contributed by atoms with van der Waals surface area (Å²) >= 11 is 0. The minimum Gasteiger partial charge on any atom is -0.368 e. The van der Waals surface area contributed by atoms with E-state index in [1.165, 1.54) is 62.9 Å². The minimum absolute atomic E-state index is 0.741. The number of fused-ring (bicyclic) bond motifs is 1. The van der Waals surface area contributed by atoms with E-state index in [2.05, 4.69) is 63.5 Å². The van der Waals surface area contributed by atoms with Crippen molar-refractivity contribution in [2.45, 2.75) is 38.6 Å². The third-order valence-electron chi connectivity index (χ3n) is 6.93. The maximum atomic E-state index is 4.72. The highest BCUT2D eigenvalue weighted by Crippen LogP contribution is 2.28. The number of rotatable bonds is 3. The van der Waals surface area contributed by atoms with E-state index in [0.717, 1.165) is 43.4 Å². The molecule has 5 heteroatoms. The first-order valence-electron chi connectivity index (χ1n) is 11.4. The first-order chi connectivity index (χ1) is 14.3. The van der Waals surface area contributed by atoms with Crippen molar-refractivity contribution in [3.8, 4) is 0 Å². The molecule has 2 aromatic rings. The van der Waals surface area contributed by atoms with E-state index in [0.29, 0.717) is 0 Å². The van der Waals surface area contributed by atoms with Crippen LogP contribution in [-0.2, 0) is 0 Å². The Morgan fingerprint density at radius 2 is 1.79 bits per heavy atom. The van der Waals surface area contributed by atoms with Crippen LogP contribution in [-0.4, -0.2) is 78.3 Å². The maximum Gasteiger partial charge on any atom is 0.0726 e. The van der Waals surface area contributed by atoms with Gasteiger partial charge in [-0.1, -0.05) is 18.2 Å². The molecule has 0 saturated carbocycles. The lowest BCUT2D eigenvalue weighted by atomic mass is 10.0. The second-order valence-electron chi connectivity index (χ2n) is 8.88. The summed E-state index contributed by atoms with van der Waals surface area (Å²) in [7, 11) is 0. The molecule has 1 atom stereocenters. The molecule has 0 amide bonds. The van der Waals surface area contributed by atoms with E-state index in [1.54, 1.807) is 0 Å². The predicted molar refractivity (Wildman–Crippen MR) is 120 cm³/mol. The molecule has 3 aliphatic heterocycles. The quantitative estimate of drug-likeness (QED) is 0.798. The zero-order valence-corrected chi connectivity index (χ0v) is 17.8. The van der Waals surface area contributed by atoms with Gasteiger partial charge in [-0.15, -0.1) is 0 Å². The molecule has 0 aliphatic carbocycles. The standard InChI is InChI=1S/C24H34N5/c1-20-18-24(22-9-3-4-10-23(22)25-20)27-14-16-28(17-15-27)29-13-7-8-21(19-29)26-11-5-2-6-12-26/h3-5,9-10,18,21H,2,6-8,11-17,19H2,1H3. The van der Waals surface area contributed by atoms with Gasteiger partial charge in [0.05, 0.1) is 5.52 Å². The van der Waals surface area contributed by atoms with E-state index in [9.17, 15) is 0 Å². The molecule has 1 radical (unpaired) electrons. The van der Waals surface area contributed by atoms with Crippen LogP contribution >= 0.6 is 0 Å². The molecular weight excluding hydrogens is 358 g/mol. The normalized spacial score (nSPS) is 25.6. The van der Waals surface area contributed by atoms with E-state index in [-0.39, 0.29) is 0 Å². The molecule has 5 rings (SSSR count). The molecule has 155 valence electrons. The number of piperazine rings is 1. The van der Waals surface area contributed by atoms with Gasteiger partial charge in [-0.2, -0.15) is 0 Å². The number of anilines is 1. The number of piperidine rings is 2. The summed E-state index contributed by atoms with van der Waals surface area (Å²) in [4.78, 5) is 10.0. The average molecular weight is 393 g/mol. The predicted octanol–water partition coefficient (Wildman–Crippen LogP) is 3.34. The van der Waals surface area contributed by atoms with E-state index >= 15 is 0 Å². The molecule has 29 heavy (non-hydrogen) atoms. The van der Waals surface area contributed by atoms with Crippen molar-refractivity contribution in [2.24, 2.45) is 0 Å². The first kappa shape index (κ1) is 19.3. The molecule has 0 bridgehead atoms. The summed E-state index contributed by atoms with van der Waals surface area (Å²) in [5.74, 6) is 0. The summed E-state index contributed by atoms with van der Waals surface area (Å²) in [5.41, 5.74) is 3.58. The van der Waals surface area contributed by atoms with Crippen molar-refractivity contribution in [3.63, 3.8) is 0 Å². The third kappa shape index (κ3) is 4.14. The second kappa shape index (κ2) is 8.58. The lowest BCUT2D eigenvalue weighted by Gasteiger charge is -2.47. The summed E-state index contributed by atoms with van der Waals surface area (Å²) < 4.78 is 0. The van der Waals surface area contributed by atoms with Crippen molar-refractivity contribution >= 4 is 16.6 Å². The lowest BCUT2D eigenvalue weighted by molar-refractivity contribution is -0.0676. The molecule has 0 N–H and O–H groups in total. The fourth-order valence-corrected chi connectivity index (χ4v) is 5.38. The highest BCUT2D eigenvalue weighted by Gasteiger charge is 2.30. The molecule has 1 aromatic heterocycles. The number of nitrogens with zero attached hydrogens (tertiary/aromatic N) is 5. The number of hydrogen-bond donors (Lipinski definition) is 0. The Labute approximate surface area is 175 Å². The van der Waals surface area contributed by atoms with E-state index in [4.69, 9.17) is 4.98 Å². The molecule has 3 aliphatic rings. The number of pyridine rings is 1. The number of aromatic nitrogens is 1. The van der Waals surface area contributed by atoms with E-state index < -0.39 is 0 Å². The van der Waals surface area contributed by atoms with Crippen molar-refractivity contribution in [1.29, 1.82) is 0 Å². The van der Waals surface area contributed by atoms with Crippen molar-refractivity contribution in [1.82, 2.24) is 19.9 Å². The van der Waals surface area contributed by atoms with Crippen LogP contribution < -0.4 is 4.90 Å². The SMILES string of the molecule is Cc1cc(N2CCN(N3CCCC(N4C[CH]CCC4)C3)CC2)c2ccccc2n1. The fourth-order valence-electron chi connectivity index (χ4n) is 5.38. The molecule has 5 nitrogen and oxygen atoms in total. The Kier molecular flexibility index (Phi) is 5.71. The van der Waals surface area contributed by atoms with Gasteiger partial charge in [-0.3, -0.25) is 9.88 Å². The van der Waals surface area contributed by atoms with E-state index in [1.807, 2.05) is 0 Å². The third-order valence-corrected chi connectivity index (χ3v) is 6.93. The van der Waals surface area contributed by atoms with Crippen molar-refractivity contribution in [3.05, 3.63) is 42.4 Å². The molecule has 1 aromatic carbocycles. The first-order valence-corrected chi connectivity index (χ1v) is 11.4. The second-order valence-corrected chi connectivity index (χ2v) is 8.88. The zero-order valence-electron chi connectivity index (χ0n) is 17.8. The van der Waals surface area contributed by atoms with Gasteiger partial charge in [0.25, 0.3) is 0 Å². The monoisotopic (exact) mass is 392 g/mol. The molecule has 1 unspecified atom stereocenters. The van der Waals surface area contributed by atoms with Crippen LogP contribution in [0.2, 0.25) is 0 Å². The van der Waals surface area contributed by atoms with Gasteiger partial charge in [-0.05, 0) is 57.7 Å². The fraction of sp³-hybridized carbons (Fsp3) is 0.583. The Morgan fingerprint density at radius 3 is 2.62 bits per heavy atom. The van der Waals surface area contributed by atoms with Crippen LogP contribution in [0.4, 0.5) is 5.69 Å². The number of hydrazine groups is 1. The topological polar surface area (TPSA) is 25.9 Å². The van der Waals surface area contributed by atoms with Gasteiger partial charge in [0.1, 0.15) is 0 Å². The van der Waals surface area contributed by atoms with Gasteiger partial charge >= 0.3 is 0 Å². The highest BCUT2D eigenvalue weighted by atomic mass is 15.6. The van der Waals surface area contributed by atoms with Crippen molar-refractivity contribution < 1.29 is 0 Å². The smallest absolute Gasteiger partial charge is 0.0726 e. The minimum atomic E-state index is 0.741. The molecule has 3 saturated heterocycles. The van der Waals surface area contributed by atoms with Crippen LogP contribution in [0.3, 0.4) is 0 Å². The van der Waals surface area contributed by atoms with Gasteiger partial charge in [-0.25, -0.2) is 10.0 Å². The number of hydrogen-bond acceptors (Lipinski definition) is 5. The Balaban J connectivity index is 1.24. The summed E-state index contributed by atoms with van der Waals surface area (Å²) in [5, 5.41) is 6.58. The molecule has 3 fully saturated rings. The summed E-state index contributed by atoms with van der Waals surface area (Å²) in [6, 6.07) is 11.6. The van der Waals surface area contributed by atoms with Crippen molar-refractivity contribution in [2.75, 3.05) is 57.3 Å². The van der Waals surface area contributed by atoms with Crippen LogP contribution in [0, 0.1) is 13.3 Å². The molecule has 4 heterocycles. The number of benzene rings is 1. The summed E-state index contributed by atoms with van der Waals surface area (Å²) in [6.45, 7) is 11.5. The van der Waals surface area contributed by atoms with Gasteiger partial charge in [0, 0.05) is 68.6 Å². The number of aryl methyl sites for hydroxylation is 1. The summed E-state index contributed by atoms with van der Waals surface area (Å²) in [6.07, 6.45) is 7.82. The average Bonchev–Trinajstić information content (AvgIpc) is 2.79. The maximum absolute atomic E-state index is 4.72. The van der Waals surface area contributed by atoms with Gasteiger partial charge in [0.2, 0.25) is 0 Å². The highest BCUT2D eigenvalue weighted by molar-refractivity contribution is 5.92. The molecule has 0 spiro atoms. The Morgan fingerprint density at radius 1 is 0.931 bits per heavy atom. The Bertz CT molecular complexity index is 823. The van der Waals surface area contributed by atoms with Gasteiger partial charge in [0.15, 0.2) is 0 Å². The molecular formula is C24H34N5. The Hall–Kier alpha value is -1.69. The number of para-hydroxylation sites is 1. The lowest BCUT2D eigenvalue weighted by Crippen LogP contribution is -2.59.